The van der Waals surface area contributed by atoms with E-state index < -0.39 is 0 Å². The Kier molecular flexibility index (Phi) is 5.98. The maximum Gasteiger partial charge on any atom is 0.227 e. The number of piperazine rings is 1. The van der Waals surface area contributed by atoms with Crippen LogP contribution in [0.15, 0.2) is 46.3 Å². The van der Waals surface area contributed by atoms with Crippen LogP contribution in [0.1, 0.15) is 23.4 Å². The lowest BCUT2D eigenvalue weighted by molar-refractivity contribution is -0.133. The summed E-state index contributed by atoms with van der Waals surface area (Å²) in [7, 11) is 0. The van der Waals surface area contributed by atoms with Crippen molar-refractivity contribution in [1.82, 2.24) is 19.9 Å². The molecule has 1 fully saturated rings. The first-order chi connectivity index (χ1) is 14.2. The third-order valence-corrected chi connectivity index (χ3v) is 5.84. The summed E-state index contributed by atoms with van der Waals surface area (Å²) in [5.74, 6) is 1.21. The molecule has 0 bridgehead atoms. The van der Waals surface area contributed by atoms with Crippen molar-refractivity contribution in [3.05, 3.63) is 58.8 Å². The number of rotatable bonds is 6. The van der Waals surface area contributed by atoms with Crippen LogP contribution in [0.4, 0.5) is 0 Å². The average molecular weight is 407 g/mol. The van der Waals surface area contributed by atoms with Gasteiger partial charge in [-0.1, -0.05) is 23.4 Å². The summed E-state index contributed by atoms with van der Waals surface area (Å²) in [6.45, 7) is 3.96. The first-order valence-corrected chi connectivity index (χ1v) is 10.4. The molecule has 1 saturated heterocycles. The number of amides is 1. The van der Waals surface area contributed by atoms with Crippen LogP contribution < -0.4 is 0 Å². The van der Waals surface area contributed by atoms with Crippen LogP contribution in [0.2, 0.25) is 0 Å². The van der Waals surface area contributed by atoms with Crippen LogP contribution in [0.5, 0.6) is 0 Å². The number of carbonyl (C=O) groups is 1. The van der Waals surface area contributed by atoms with Crippen molar-refractivity contribution in [3.8, 4) is 16.8 Å². The Morgan fingerprint density at radius 3 is 2.66 bits per heavy atom. The predicted molar refractivity (Wildman–Crippen MR) is 109 cm³/mol. The number of aromatic nitrogens is 2. The summed E-state index contributed by atoms with van der Waals surface area (Å²) in [6.07, 6.45) is 0.838. The van der Waals surface area contributed by atoms with E-state index in [9.17, 15) is 4.79 Å². The largest absolute Gasteiger partial charge is 0.340 e. The van der Waals surface area contributed by atoms with Crippen molar-refractivity contribution in [1.29, 1.82) is 5.26 Å². The van der Waals surface area contributed by atoms with Gasteiger partial charge in [0.15, 0.2) is 0 Å². The highest BCUT2D eigenvalue weighted by atomic mass is 32.1. The number of hydrogen-bond donors (Lipinski definition) is 0. The van der Waals surface area contributed by atoms with Crippen molar-refractivity contribution in [3.63, 3.8) is 0 Å². The lowest BCUT2D eigenvalue weighted by atomic mass is 10.1. The van der Waals surface area contributed by atoms with Gasteiger partial charge in [0.25, 0.3) is 0 Å². The Morgan fingerprint density at radius 1 is 1.17 bits per heavy atom. The van der Waals surface area contributed by atoms with E-state index in [0.29, 0.717) is 30.1 Å². The summed E-state index contributed by atoms with van der Waals surface area (Å²) >= 11 is 1.56. The fraction of sp³-hybridized carbons (Fsp3) is 0.333. The smallest absolute Gasteiger partial charge is 0.227 e. The quantitative estimate of drug-likeness (QED) is 0.624. The summed E-state index contributed by atoms with van der Waals surface area (Å²) < 4.78 is 5.27. The molecule has 1 aromatic carbocycles. The minimum Gasteiger partial charge on any atom is -0.340 e. The summed E-state index contributed by atoms with van der Waals surface area (Å²) in [5, 5.41) is 14.8. The van der Waals surface area contributed by atoms with E-state index in [-0.39, 0.29) is 5.91 Å². The Bertz CT molecular complexity index is 983. The third kappa shape index (κ3) is 4.88. The molecule has 8 heteroatoms. The van der Waals surface area contributed by atoms with Crippen LogP contribution in [-0.4, -0.2) is 52.0 Å². The maximum absolute atomic E-state index is 12.5. The fourth-order valence-electron chi connectivity index (χ4n) is 3.33. The molecule has 0 atom stereocenters. The molecule has 0 N–H and O–H groups in total. The van der Waals surface area contributed by atoms with E-state index in [0.717, 1.165) is 37.6 Å². The monoisotopic (exact) mass is 407 g/mol. The minimum absolute atomic E-state index is 0.124. The molecule has 148 valence electrons. The predicted octanol–water partition coefficient (Wildman–Crippen LogP) is 2.95. The van der Waals surface area contributed by atoms with E-state index in [1.54, 1.807) is 11.3 Å². The van der Waals surface area contributed by atoms with Gasteiger partial charge in [-0.25, -0.2) is 0 Å². The van der Waals surface area contributed by atoms with Gasteiger partial charge in [0.2, 0.25) is 17.6 Å². The van der Waals surface area contributed by atoms with Crippen LogP contribution in [0.3, 0.4) is 0 Å². The average Bonchev–Trinajstić information content (AvgIpc) is 3.45. The van der Waals surface area contributed by atoms with Gasteiger partial charge < -0.3 is 9.42 Å². The zero-order valence-electron chi connectivity index (χ0n) is 16.0. The SMILES string of the molecule is N#Cc1ccc(CN2CCN(C(=O)CCc3nc(-c4cccs4)no3)CC2)cc1. The lowest BCUT2D eigenvalue weighted by Gasteiger charge is -2.34. The molecule has 2 aromatic heterocycles. The molecule has 4 rings (SSSR count). The van der Waals surface area contributed by atoms with E-state index in [1.807, 2.05) is 46.7 Å². The third-order valence-electron chi connectivity index (χ3n) is 4.98. The van der Waals surface area contributed by atoms with Gasteiger partial charge in [0.05, 0.1) is 16.5 Å². The van der Waals surface area contributed by atoms with Gasteiger partial charge in [-0.3, -0.25) is 9.69 Å². The molecule has 29 heavy (non-hydrogen) atoms. The second kappa shape index (κ2) is 8.99. The van der Waals surface area contributed by atoms with Crippen molar-refractivity contribution in [2.24, 2.45) is 0 Å². The number of hydrogen-bond acceptors (Lipinski definition) is 7. The highest BCUT2D eigenvalue weighted by Gasteiger charge is 2.21. The topological polar surface area (TPSA) is 86.3 Å². The molecule has 3 aromatic rings. The van der Waals surface area contributed by atoms with Crippen molar-refractivity contribution in [2.75, 3.05) is 26.2 Å². The minimum atomic E-state index is 0.124. The lowest BCUT2D eigenvalue weighted by Crippen LogP contribution is -2.48. The summed E-state index contributed by atoms with van der Waals surface area (Å²) in [6, 6.07) is 13.7. The van der Waals surface area contributed by atoms with E-state index in [1.165, 1.54) is 5.56 Å². The van der Waals surface area contributed by atoms with E-state index in [2.05, 4.69) is 21.1 Å². The number of benzene rings is 1. The second-order valence-corrected chi connectivity index (χ2v) is 7.90. The molecule has 0 radical (unpaired) electrons. The molecular weight excluding hydrogens is 386 g/mol. The first kappa shape index (κ1) is 19.3. The maximum atomic E-state index is 12.5. The molecule has 0 saturated carbocycles. The molecule has 1 aliphatic rings. The van der Waals surface area contributed by atoms with Crippen molar-refractivity contribution < 1.29 is 9.32 Å². The summed E-state index contributed by atoms with van der Waals surface area (Å²) in [5.41, 5.74) is 1.86. The number of nitriles is 1. The number of carbonyl (C=O) groups excluding carboxylic acids is 1. The normalized spacial score (nSPS) is 14.7. The Balaban J connectivity index is 1.22. The van der Waals surface area contributed by atoms with Gasteiger partial charge in [-0.05, 0) is 29.1 Å². The van der Waals surface area contributed by atoms with E-state index >= 15 is 0 Å². The van der Waals surface area contributed by atoms with Crippen LogP contribution >= 0.6 is 11.3 Å². The van der Waals surface area contributed by atoms with Crippen molar-refractivity contribution >= 4 is 17.2 Å². The second-order valence-electron chi connectivity index (χ2n) is 6.95. The number of thiophene rings is 1. The van der Waals surface area contributed by atoms with Gasteiger partial charge in [-0.2, -0.15) is 10.2 Å². The Hall–Kier alpha value is -3.02. The first-order valence-electron chi connectivity index (χ1n) is 9.57. The fourth-order valence-corrected chi connectivity index (χ4v) is 3.98. The van der Waals surface area contributed by atoms with Gasteiger partial charge >= 0.3 is 0 Å². The molecule has 1 amide bonds. The number of nitrogens with zero attached hydrogens (tertiary/aromatic N) is 5. The van der Waals surface area contributed by atoms with Crippen LogP contribution in [-0.2, 0) is 17.8 Å². The standard InChI is InChI=1S/C21H21N5O2S/c22-14-16-3-5-17(6-4-16)15-25-9-11-26(12-10-25)20(27)8-7-19-23-21(24-28-19)18-2-1-13-29-18/h1-6,13H,7-12,15H2. The van der Waals surface area contributed by atoms with E-state index in [4.69, 9.17) is 9.78 Å². The Morgan fingerprint density at radius 2 is 1.97 bits per heavy atom. The Labute approximate surface area is 173 Å². The zero-order chi connectivity index (χ0) is 20.1. The number of aryl methyl sites for hydroxylation is 1. The molecule has 7 nitrogen and oxygen atoms in total. The zero-order valence-corrected chi connectivity index (χ0v) is 16.8. The summed E-state index contributed by atoms with van der Waals surface area (Å²) in [4.78, 5) is 22.1. The molecule has 0 aliphatic carbocycles. The highest BCUT2D eigenvalue weighted by molar-refractivity contribution is 7.13. The van der Waals surface area contributed by atoms with Crippen molar-refractivity contribution in [2.45, 2.75) is 19.4 Å². The molecule has 3 heterocycles. The molecule has 0 unspecified atom stereocenters. The van der Waals surface area contributed by atoms with Crippen LogP contribution in [0, 0.1) is 11.3 Å². The van der Waals surface area contributed by atoms with Gasteiger partial charge in [0.1, 0.15) is 0 Å². The van der Waals surface area contributed by atoms with Crippen LogP contribution in [0.25, 0.3) is 10.7 Å². The van der Waals surface area contributed by atoms with Gasteiger partial charge in [0, 0.05) is 45.6 Å². The molecule has 1 aliphatic heterocycles. The highest BCUT2D eigenvalue weighted by Crippen LogP contribution is 2.21. The molecular formula is C21H21N5O2S. The van der Waals surface area contributed by atoms with Gasteiger partial charge in [-0.15, -0.1) is 11.3 Å². The molecule has 0 spiro atoms.